The van der Waals surface area contributed by atoms with Crippen molar-refractivity contribution < 1.29 is 13.2 Å². The van der Waals surface area contributed by atoms with Crippen molar-refractivity contribution in [3.05, 3.63) is 40.8 Å². The minimum atomic E-state index is -3.00. The minimum absolute atomic E-state index is 0.0813. The summed E-state index contributed by atoms with van der Waals surface area (Å²) in [5.74, 6) is 1.02. The molecule has 20 heavy (non-hydrogen) atoms. The highest BCUT2D eigenvalue weighted by atomic mass is 32.2. The second-order valence-corrected chi connectivity index (χ2v) is 7.37. The molecule has 1 aromatic rings. The van der Waals surface area contributed by atoms with E-state index in [1.54, 1.807) is 13.2 Å². The normalized spacial score (nSPS) is 27.2. The van der Waals surface area contributed by atoms with Crippen molar-refractivity contribution in [2.24, 2.45) is 0 Å². The number of benzene rings is 1. The fraction of sp³-hybridized carbons (Fsp3) is 0.467. The van der Waals surface area contributed by atoms with Crippen LogP contribution in [0, 0.1) is 0 Å². The second-order valence-electron chi connectivity index (χ2n) is 5.44. The van der Waals surface area contributed by atoms with Gasteiger partial charge in [-0.1, -0.05) is 12.1 Å². The van der Waals surface area contributed by atoms with Gasteiger partial charge < -0.3 is 10.1 Å². The van der Waals surface area contributed by atoms with Crippen LogP contribution in [0.2, 0.25) is 0 Å². The number of rotatable bonds is 3. The monoisotopic (exact) mass is 293 g/mol. The van der Waals surface area contributed by atoms with Crippen LogP contribution in [0.3, 0.4) is 0 Å². The molecule has 108 valence electrons. The third-order valence-electron chi connectivity index (χ3n) is 4.01. The molecule has 3 rings (SSSR count). The van der Waals surface area contributed by atoms with Gasteiger partial charge in [-0.15, -0.1) is 0 Å². The maximum absolute atomic E-state index is 11.5. The minimum Gasteiger partial charge on any atom is -0.497 e. The molecular formula is C15H19NO3S. The van der Waals surface area contributed by atoms with Gasteiger partial charge in [-0.2, -0.15) is 0 Å². The van der Waals surface area contributed by atoms with Crippen molar-refractivity contribution in [1.29, 1.82) is 0 Å². The zero-order valence-corrected chi connectivity index (χ0v) is 12.3. The summed E-state index contributed by atoms with van der Waals surface area (Å²) in [5, 5.41) is 4.78. The quantitative estimate of drug-likeness (QED) is 0.926. The molecule has 0 aromatic heterocycles. The highest BCUT2D eigenvalue weighted by molar-refractivity contribution is 7.94. The number of aryl methyl sites for hydroxylation is 1. The smallest absolute Gasteiger partial charge is 0.173 e. The number of hydrogen-bond acceptors (Lipinski definition) is 4. The molecule has 4 nitrogen and oxygen atoms in total. The summed E-state index contributed by atoms with van der Waals surface area (Å²) >= 11 is 0. The number of methoxy groups -OCH3 is 1. The highest BCUT2D eigenvalue weighted by Crippen LogP contribution is 2.33. The summed E-state index contributed by atoms with van der Waals surface area (Å²) in [4.78, 5) is 0. The van der Waals surface area contributed by atoms with Gasteiger partial charge in [0.2, 0.25) is 0 Å². The molecule has 0 saturated carbocycles. The molecule has 2 atom stereocenters. The first-order valence-electron chi connectivity index (χ1n) is 6.91. The van der Waals surface area contributed by atoms with Crippen LogP contribution >= 0.6 is 0 Å². The van der Waals surface area contributed by atoms with E-state index in [1.165, 1.54) is 16.5 Å². The Morgan fingerprint density at radius 3 is 2.90 bits per heavy atom. The molecule has 1 aromatic carbocycles. The molecule has 0 fully saturated rings. The van der Waals surface area contributed by atoms with E-state index in [2.05, 4.69) is 17.4 Å². The summed E-state index contributed by atoms with van der Waals surface area (Å²) < 4.78 is 28.3. The summed E-state index contributed by atoms with van der Waals surface area (Å²) in [5.41, 5.74) is 2.58. The lowest BCUT2D eigenvalue weighted by Crippen LogP contribution is -2.35. The number of sulfone groups is 1. The van der Waals surface area contributed by atoms with Crippen LogP contribution in [0.1, 0.15) is 30.0 Å². The number of hydrogen-bond donors (Lipinski definition) is 1. The Balaban J connectivity index is 1.81. The van der Waals surface area contributed by atoms with Crippen LogP contribution < -0.4 is 10.1 Å². The van der Waals surface area contributed by atoms with Crippen LogP contribution in [-0.2, 0) is 16.3 Å². The Hall–Kier alpha value is -1.33. The molecule has 5 heteroatoms. The summed E-state index contributed by atoms with van der Waals surface area (Å²) in [6, 6.07) is 6.29. The predicted octanol–water partition coefficient (Wildman–Crippen LogP) is 1.97. The molecule has 0 radical (unpaired) electrons. The lowest BCUT2D eigenvalue weighted by Gasteiger charge is -2.28. The van der Waals surface area contributed by atoms with E-state index < -0.39 is 9.84 Å². The van der Waals surface area contributed by atoms with Crippen LogP contribution in [0.5, 0.6) is 5.75 Å². The first-order valence-corrected chi connectivity index (χ1v) is 8.63. The molecule has 0 spiro atoms. The van der Waals surface area contributed by atoms with Crippen LogP contribution in [0.4, 0.5) is 0 Å². The molecule has 0 bridgehead atoms. The van der Waals surface area contributed by atoms with E-state index in [1.807, 2.05) is 6.07 Å². The molecule has 2 unspecified atom stereocenters. The van der Waals surface area contributed by atoms with Gasteiger partial charge in [0.25, 0.3) is 0 Å². The molecule has 1 N–H and O–H groups in total. The van der Waals surface area contributed by atoms with Gasteiger partial charge in [-0.3, -0.25) is 0 Å². The van der Waals surface area contributed by atoms with Gasteiger partial charge in [0.05, 0.1) is 12.9 Å². The van der Waals surface area contributed by atoms with E-state index in [0.29, 0.717) is 0 Å². The first kappa shape index (κ1) is 13.6. The van der Waals surface area contributed by atoms with E-state index in [-0.39, 0.29) is 17.8 Å². The second kappa shape index (κ2) is 5.22. The zero-order chi connectivity index (χ0) is 14.2. The fourth-order valence-corrected chi connectivity index (χ4v) is 4.26. The summed E-state index contributed by atoms with van der Waals surface area (Å²) in [7, 11) is -1.34. The Morgan fingerprint density at radius 1 is 1.35 bits per heavy atom. The van der Waals surface area contributed by atoms with Gasteiger partial charge in [-0.05, 0) is 42.5 Å². The predicted molar refractivity (Wildman–Crippen MR) is 78.5 cm³/mol. The topological polar surface area (TPSA) is 55.4 Å². The number of ether oxygens (including phenoxy) is 1. The Morgan fingerprint density at radius 2 is 2.20 bits per heavy atom. The van der Waals surface area contributed by atoms with Crippen molar-refractivity contribution in [3.8, 4) is 5.75 Å². The average Bonchev–Trinajstić information content (AvgIpc) is 2.78. The molecular weight excluding hydrogens is 274 g/mol. The summed E-state index contributed by atoms with van der Waals surface area (Å²) in [6.07, 6.45) is 4.99. The first-order chi connectivity index (χ1) is 9.57. The van der Waals surface area contributed by atoms with Crippen molar-refractivity contribution in [2.75, 3.05) is 12.9 Å². The van der Waals surface area contributed by atoms with Gasteiger partial charge >= 0.3 is 0 Å². The lowest BCUT2D eigenvalue weighted by atomic mass is 9.87. The fourth-order valence-electron chi connectivity index (χ4n) is 3.02. The standard InChI is InChI=1S/C15H19NO3S/c1-19-13-6-5-11-3-2-4-15(14(11)9-13)16-12-7-8-20(17,18)10-12/h5-9,12,15-16H,2-4,10H2,1H3. The maximum Gasteiger partial charge on any atom is 0.173 e. The Kier molecular flexibility index (Phi) is 3.56. The van der Waals surface area contributed by atoms with Gasteiger partial charge in [-0.25, -0.2) is 8.42 Å². The van der Waals surface area contributed by atoms with Crippen molar-refractivity contribution in [1.82, 2.24) is 5.32 Å². The van der Waals surface area contributed by atoms with Crippen LogP contribution in [-0.4, -0.2) is 27.3 Å². The number of fused-ring (bicyclic) bond motifs is 1. The van der Waals surface area contributed by atoms with Gasteiger partial charge in [0.1, 0.15) is 5.75 Å². The largest absolute Gasteiger partial charge is 0.497 e. The van der Waals surface area contributed by atoms with Crippen LogP contribution in [0.15, 0.2) is 29.7 Å². The molecule has 1 aliphatic heterocycles. The van der Waals surface area contributed by atoms with E-state index in [0.717, 1.165) is 25.0 Å². The molecule has 1 heterocycles. The van der Waals surface area contributed by atoms with Gasteiger partial charge in [0, 0.05) is 17.5 Å². The molecule has 0 saturated heterocycles. The Labute approximate surface area is 119 Å². The maximum atomic E-state index is 11.5. The van der Waals surface area contributed by atoms with E-state index >= 15 is 0 Å². The van der Waals surface area contributed by atoms with Crippen molar-refractivity contribution >= 4 is 9.84 Å². The molecule has 0 amide bonds. The SMILES string of the molecule is COc1ccc2c(c1)C(NC1C=CS(=O)(=O)C1)CCC2. The third kappa shape index (κ3) is 2.74. The van der Waals surface area contributed by atoms with E-state index in [9.17, 15) is 8.42 Å². The van der Waals surface area contributed by atoms with Crippen LogP contribution in [0.25, 0.3) is 0 Å². The lowest BCUT2D eigenvalue weighted by molar-refractivity contribution is 0.406. The average molecular weight is 293 g/mol. The molecule has 2 aliphatic rings. The summed E-state index contributed by atoms with van der Waals surface area (Å²) in [6.45, 7) is 0. The van der Waals surface area contributed by atoms with Crippen molar-refractivity contribution in [2.45, 2.75) is 31.3 Å². The zero-order valence-electron chi connectivity index (χ0n) is 11.5. The van der Waals surface area contributed by atoms with Crippen molar-refractivity contribution in [3.63, 3.8) is 0 Å². The third-order valence-corrected chi connectivity index (χ3v) is 5.41. The van der Waals surface area contributed by atoms with Gasteiger partial charge in [0.15, 0.2) is 9.84 Å². The highest BCUT2D eigenvalue weighted by Gasteiger charge is 2.27. The Bertz CT molecular complexity index is 637. The molecule has 1 aliphatic carbocycles. The van der Waals surface area contributed by atoms with E-state index in [4.69, 9.17) is 4.74 Å². The number of nitrogens with one attached hydrogen (secondary N) is 1.